The van der Waals surface area contributed by atoms with E-state index in [0.717, 1.165) is 0 Å². The summed E-state index contributed by atoms with van der Waals surface area (Å²) in [6.07, 6.45) is 0. The fourth-order valence-corrected chi connectivity index (χ4v) is 3.27. The summed E-state index contributed by atoms with van der Waals surface area (Å²) in [4.78, 5) is 0.173. The number of hydrogen-bond acceptors (Lipinski definition) is 5. The second kappa shape index (κ2) is 5.24. The molecular weight excluding hydrogens is 290 g/mol. The van der Waals surface area contributed by atoms with Gasteiger partial charge in [-0.2, -0.15) is 5.21 Å². The van der Waals surface area contributed by atoms with Crippen molar-refractivity contribution in [3.8, 4) is 0 Å². The van der Waals surface area contributed by atoms with Gasteiger partial charge in [0.1, 0.15) is 0 Å². The van der Waals surface area contributed by atoms with Crippen molar-refractivity contribution in [3.05, 3.63) is 34.6 Å². The van der Waals surface area contributed by atoms with E-state index in [1.165, 1.54) is 12.1 Å². The highest BCUT2D eigenvalue weighted by atomic mass is 35.5. The lowest BCUT2D eigenvalue weighted by Crippen LogP contribution is -2.28. The Kier molecular flexibility index (Phi) is 3.83. The van der Waals surface area contributed by atoms with Crippen molar-refractivity contribution in [3.63, 3.8) is 0 Å². The van der Waals surface area contributed by atoms with Crippen molar-refractivity contribution in [2.24, 2.45) is 0 Å². The maximum absolute atomic E-state index is 12.2. The SMILES string of the molecule is Cc1cc(Cl)ccc1S(=O)(=O)NC(C)c1nn[nH]n1. The molecule has 9 heteroatoms. The predicted molar refractivity (Wildman–Crippen MR) is 69.1 cm³/mol. The molecule has 0 bridgehead atoms. The summed E-state index contributed by atoms with van der Waals surface area (Å²) < 4.78 is 26.9. The van der Waals surface area contributed by atoms with Gasteiger partial charge in [0, 0.05) is 5.02 Å². The number of hydrogen-bond donors (Lipinski definition) is 2. The number of nitrogens with one attached hydrogen (secondary N) is 2. The van der Waals surface area contributed by atoms with Gasteiger partial charge < -0.3 is 0 Å². The number of aromatic nitrogens is 4. The molecule has 0 amide bonds. The third-order valence-electron chi connectivity index (χ3n) is 2.51. The molecule has 0 fully saturated rings. The number of H-pyrrole nitrogens is 1. The van der Waals surface area contributed by atoms with Crippen LogP contribution in [0.5, 0.6) is 0 Å². The Morgan fingerprint density at radius 3 is 2.74 bits per heavy atom. The summed E-state index contributed by atoms with van der Waals surface area (Å²) >= 11 is 5.81. The molecule has 0 aliphatic carbocycles. The average Bonchev–Trinajstić information content (AvgIpc) is 2.80. The van der Waals surface area contributed by atoms with Gasteiger partial charge in [-0.1, -0.05) is 16.8 Å². The molecule has 102 valence electrons. The Hall–Kier alpha value is -1.51. The first kappa shape index (κ1) is 13.9. The smallest absolute Gasteiger partial charge is 0.207 e. The highest BCUT2D eigenvalue weighted by molar-refractivity contribution is 7.89. The minimum Gasteiger partial charge on any atom is -0.207 e. The molecular formula is C10H12ClN5O2S. The van der Waals surface area contributed by atoms with E-state index in [-0.39, 0.29) is 10.7 Å². The van der Waals surface area contributed by atoms with Crippen molar-refractivity contribution in [1.82, 2.24) is 25.3 Å². The zero-order chi connectivity index (χ0) is 14.0. The zero-order valence-corrected chi connectivity index (χ0v) is 11.8. The van der Waals surface area contributed by atoms with Gasteiger partial charge in [0.05, 0.1) is 10.9 Å². The van der Waals surface area contributed by atoms with E-state index in [0.29, 0.717) is 10.6 Å². The highest BCUT2D eigenvalue weighted by Crippen LogP contribution is 2.21. The van der Waals surface area contributed by atoms with E-state index in [9.17, 15) is 8.42 Å². The van der Waals surface area contributed by atoms with Gasteiger partial charge in [0.2, 0.25) is 10.0 Å². The van der Waals surface area contributed by atoms with Gasteiger partial charge in [-0.15, -0.1) is 10.2 Å². The quantitative estimate of drug-likeness (QED) is 0.883. The van der Waals surface area contributed by atoms with Crippen molar-refractivity contribution in [1.29, 1.82) is 0 Å². The number of sulfonamides is 1. The van der Waals surface area contributed by atoms with E-state index in [1.807, 2.05) is 0 Å². The maximum atomic E-state index is 12.2. The molecule has 0 spiro atoms. The monoisotopic (exact) mass is 301 g/mol. The summed E-state index contributed by atoms with van der Waals surface area (Å²) in [5, 5.41) is 13.6. The highest BCUT2D eigenvalue weighted by Gasteiger charge is 2.22. The maximum Gasteiger partial charge on any atom is 0.241 e. The Labute approximate surface area is 115 Å². The van der Waals surface area contributed by atoms with Crippen molar-refractivity contribution in [2.45, 2.75) is 24.8 Å². The van der Waals surface area contributed by atoms with Crippen LogP contribution in [0.15, 0.2) is 23.1 Å². The topological polar surface area (TPSA) is 101 Å². The number of aromatic amines is 1. The number of benzene rings is 1. The van der Waals surface area contributed by atoms with E-state index in [1.54, 1.807) is 19.9 Å². The first-order valence-electron chi connectivity index (χ1n) is 5.42. The normalized spacial score (nSPS) is 13.4. The molecule has 1 heterocycles. The molecule has 1 aromatic heterocycles. The lowest BCUT2D eigenvalue weighted by atomic mass is 10.2. The van der Waals surface area contributed by atoms with Gasteiger partial charge in [0.15, 0.2) is 5.82 Å². The minimum absolute atomic E-state index is 0.173. The third kappa shape index (κ3) is 3.09. The zero-order valence-electron chi connectivity index (χ0n) is 10.3. The van der Waals surface area contributed by atoms with E-state index in [4.69, 9.17) is 11.6 Å². The summed E-state index contributed by atoms with van der Waals surface area (Å²) in [5.41, 5.74) is 0.570. The van der Waals surface area contributed by atoms with Gasteiger partial charge >= 0.3 is 0 Å². The van der Waals surface area contributed by atoms with E-state index >= 15 is 0 Å². The van der Waals surface area contributed by atoms with Gasteiger partial charge in [-0.3, -0.25) is 0 Å². The predicted octanol–water partition coefficient (Wildman–Crippen LogP) is 1.20. The Bertz CT molecular complexity index is 671. The molecule has 7 nitrogen and oxygen atoms in total. The molecule has 0 radical (unpaired) electrons. The minimum atomic E-state index is -3.66. The van der Waals surface area contributed by atoms with E-state index < -0.39 is 16.1 Å². The van der Waals surface area contributed by atoms with Crippen molar-refractivity contribution in [2.75, 3.05) is 0 Å². The molecule has 0 aliphatic rings. The van der Waals surface area contributed by atoms with Gasteiger partial charge in [-0.25, -0.2) is 13.1 Å². The molecule has 0 aliphatic heterocycles. The molecule has 0 saturated heterocycles. The number of nitrogens with zero attached hydrogens (tertiary/aromatic N) is 3. The molecule has 2 N–H and O–H groups in total. The van der Waals surface area contributed by atoms with Crippen LogP contribution in [0, 0.1) is 6.92 Å². The second-order valence-electron chi connectivity index (χ2n) is 4.02. The van der Waals surface area contributed by atoms with Gasteiger partial charge in [0.25, 0.3) is 0 Å². The first-order valence-corrected chi connectivity index (χ1v) is 7.28. The van der Waals surface area contributed by atoms with E-state index in [2.05, 4.69) is 25.3 Å². The van der Waals surface area contributed by atoms with Crippen LogP contribution in [0.4, 0.5) is 0 Å². The fourth-order valence-electron chi connectivity index (χ4n) is 1.62. The Morgan fingerprint density at radius 2 is 2.16 bits per heavy atom. The van der Waals surface area contributed by atoms with Crippen LogP contribution in [-0.4, -0.2) is 29.0 Å². The Balaban J connectivity index is 2.28. The Morgan fingerprint density at radius 1 is 1.42 bits per heavy atom. The first-order chi connectivity index (χ1) is 8.90. The van der Waals surface area contributed by atoms with Crippen molar-refractivity contribution >= 4 is 21.6 Å². The molecule has 0 saturated carbocycles. The van der Waals surface area contributed by atoms with Crippen LogP contribution >= 0.6 is 11.6 Å². The number of halogens is 1. The molecule has 2 rings (SSSR count). The van der Waals surface area contributed by atoms with Crippen molar-refractivity contribution < 1.29 is 8.42 Å². The molecule has 2 aromatic rings. The molecule has 1 unspecified atom stereocenters. The standard InChI is InChI=1S/C10H12ClN5O2S/c1-6-5-8(11)3-4-9(6)19(17,18)14-7(2)10-12-15-16-13-10/h3-5,7,14H,1-2H3,(H,12,13,15,16). The number of tetrazole rings is 1. The molecule has 19 heavy (non-hydrogen) atoms. The summed E-state index contributed by atoms with van der Waals surface area (Å²) in [5.74, 6) is 0.273. The average molecular weight is 302 g/mol. The number of aryl methyl sites for hydroxylation is 1. The van der Waals surface area contributed by atoms with Crippen LogP contribution in [0.1, 0.15) is 24.4 Å². The lowest BCUT2D eigenvalue weighted by molar-refractivity contribution is 0.559. The lowest BCUT2D eigenvalue weighted by Gasteiger charge is -2.12. The van der Waals surface area contributed by atoms with Crippen LogP contribution in [0.2, 0.25) is 5.02 Å². The van der Waals surface area contributed by atoms with Crippen LogP contribution in [0.25, 0.3) is 0 Å². The van der Waals surface area contributed by atoms with Crippen LogP contribution < -0.4 is 4.72 Å². The van der Waals surface area contributed by atoms with Crippen LogP contribution in [-0.2, 0) is 10.0 Å². The summed E-state index contributed by atoms with van der Waals surface area (Å²) in [6.45, 7) is 3.31. The third-order valence-corrected chi connectivity index (χ3v) is 4.44. The summed E-state index contributed by atoms with van der Waals surface area (Å²) in [6, 6.07) is 4.00. The molecule has 1 atom stereocenters. The fraction of sp³-hybridized carbons (Fsp3) is 0.300. The largest absolute Gasteiger partial charge is 0.241 e. The second-order valence-corrected chi connectivity index (χ2v) is 6.14. The number of rotatable bonds is 4. The summed E-state index contributed by atoms with van der Waals surface area (Å²) in [7, 11) is -3.66. The molecule has 1 aromatic carbocycles. The van der Waals surface area contributed by atoms with Gasteiger partial charge in [-0.05, 0) is 37.6 Å². The van der Waals surface area contributed by atoms with Crippen LogP contribution in [0.3, 0.4) is 0 Å².